The van der Waals surface area contributed by atoms with Crippen LogP contribution in [0.25, 0.3) is 5.69 Å². The predicted octanol–water partition coefficient (Wildman–Crippen LogP) is 3.94. The quantitative estimate of drug-likeness (QED) is 0.749. The highest BCUT2D eigenvalue weighted by molar-refractivity contribution is 6.30. The third kappa shape index (κ3) is 5.04. The molecular weight excluding hydrogens is 400 g/mol. The topological polar surface area (TPSA) is 67.2 Å². The standard InChI is InChI=1S/C23H29ClN4O2/c24-18-8-5-11-20(15-18)28-22(29)13-12-21(26-28)27-14-6-7-17(16-27)23(30)25-19-9-3-1-2-4-10-19/h5,8,11-13,15,17,19H,1-4,6-7,9-10,14,16H2,(H,25,30). The minimum atomic E-state index is -0.208. The molecule has 1 unspecified atom stereocenters. The lowest BCUT2D eigenvalue weighted by molar-refractivity contribution is -0.126. The van der Waals surface area contributed by atoms with Crippen LogP contribution in [-0.2, 0) is 4.79 Å². The Morgan fingerprint density at radius 1 is 1.03 bits per heavy atom. The van der Waals surface area contributed by atoms with Crippen molar-refractivity contribution in [3.05, 3.63) is 51.8 Å². The lowest BCUT2D eigenvalue weighted by Gasteiger charge is -2.33. The fraction of sp³-hybridized carbons (Fsp3) is 0.522. The molecule has 1 saturated heterocycles. The predicted molar refractivity (Wildman–Crippen MR) is 119 cm³/mol. The summed E-state index contributed by atoms with van der Waals surface area (Å²) in [5.74, 6) is 0.826. The second-order valence-electron chi connectivity index (χ2n) is 8.40. The summed E-state index contributed by atoms with van der Waals surface area (Å²) >= 11 is 6.08. The van der Waals surface area contributed by atoms with E-state index in [0.717, 1.165) is 32.2 Å². The van der Waals surface area contributed by atoms with Gasteiger partial charge in [0.25, 0.3) is 5.56 Å². The van der Waals surface area contributed by atoms with E-state index in [1.807, 2.05) is 6.07 Å². The van der Waals surface area contributed by atoms with Crippen molar-refractivity contribution in [2.45, 2.75) is 57.4 Å². The molecule has 1 amide bonds. The molecule has 1 atom stereocenters. The first kappa shape index (κ1) is 20.9. The monoisotopic (exact) mass is 428 g/mol. The summed E-state index contributed by atoms with van der Waals surface area (Å²) in [7, 11) is 0. The maximum Gasteiger partial charge on any atom is 0.271 e. The Kier molecular flexibility index (Phi) is 6.72. The number of aromatic nitrogens is 2. The Bertz CT molecular complexity index is 937. The molecule has 30 heavy (non-hydrogen) atoms. The van der Waals surface area contributed by atoms with Gasteiger partial charge in [0.1, 0.15) is 5.82 Å². The summed E-state index contributed by atoms with van der Waals surface area (Å²) in [6, 6.07) is 10.7. The fourth-order valence-corrected chi connectivity index (χ4v) is 4.69. The summed E-state index contributed by atoms with van der Waals surface area (Å²) in [6.07, 6.45) is 8.97. The third-order valence-corrected chi connectivity index (χ3v) is 6.39. The first-order chi connectivity index (χ1) is 14.6. The molecule has 1 saturated carbocycles. The molecule has 2 fully saturated rings. The highest BCUT2D eigenvalue weighted by Crippen LogP contribution is 2.23. The van der Waals surface area contributed by atoms with Gasteiger partial charge in [0, 0.05) is 30.2 Å². The van der Waals surface area contributed by atoms with Gasteiger partial charge in [-0.25, -0.2) is 0 Å². The van der Waals surface area contributed by atoms with Gasteiger partial charge in [-0.1, -0.05) is 43.4 Å². The number of carbonyl (C=O) groups is 1. The molecule has 1 aromatic heterocycles. The first-order valence-corrected chi connectivity index (χ1v) is 11.4. The highest BCUT2D eigenvalue weighted by Gasteiger charge is 2.28. The number of hydrogen-bond donors (Lipinski definition) is 1. The first-order valence-electron chi connectivity index (χ1n) is 11.0. The number of hydrogen-bond acceptors (Lipinski definition) is 4. The normalized spacial score (nSPS) is 20.6. The summed E-state index contributed by atoms with van der Waals surface area (Å²) in [4.78, 5) is 27.4. The lowest BCUT2D eigenvalue weighted by Crippen LogP contribution is -2.46. The van der Waals surface area contributed by atoms with Crippen LogP contribution >= 0.6 is 11.6 Å². The van der Waals surface area contributed by atoms with E-state index < -0.39 is 0 Å². The summed E-state index contributed by atoms with van der Waals surface area (Å²) in [6.45, 7) is 1.45. The van der Waals surface area contributed by atoms with Crippen LogP contribution in [0.3, 0.4) is 0 Å². The van der Waals surface area contributed by atoms with E-state index in [0.29, 0.717) is 29.1 Å². The number of nitrogens with zero attached hydrogens (tertiary/aromatic N) is 3. The van der Waals surface area contributed by atoms with Crippen LogP contribution in [0.15, 0.2) is 41.2 Å². The van der Waals surface area contributed by atoms with Gasteiger partial charge in [0.15, 0.2) is 0 Å². The van der Waals surface area contributed by atoms with E-state index >= 15 is 0 Å². The number of nitrogens with one attached hydrogen (secondary N) is 1. The molecule has 1 aromatic carbocycles. The lowest BCUT2D eigenvalue weighted by atomic mass is 9.96. The van der Waals surface area contributed by atoms with Crippen LogP contribution in [-0.4, -0.2) is 34.8 Å². The van der Waals surface area contributed by atoms with Crippen LogP contribution in [0.1, 0.15) is 51.4 Å². The van der Waals surface area contributed by atoms with Gasteiger partial charge in [0.2, 0.25) is 5.91 Å². The van der Waals surface area contributed by atoms with Gasteiger partial charge in [-0.15, -0.1) is 5.10 Å². The number of halogens is 1. The van der Waals surface area contributed by atoms with Crippen molar-refractivity contribution in [1.82, 2.24) is 15.1 Å². The van der Waals surface area contributed by atoms with Gasteiger partial charge in [-0.3, -0.25) is 9.59 Å². The summed E-state index contributed by atoms with van der Waals surface area (Å²) in [5.41, 5.74) is 0.426. The number of piperidine rings is 1. The Balaban J connectivity index is 1.47. The van der Waals surface area contributed by atoms with Crippen molar-refractivity contribution in [3.63, 3.8) is 0 Å². The maximum atomic E-state index is 12.9. The van der Waals surface area contributed by atoms with E-state index in [9.17, 15) is 9.59 Å². The second kappa shape index (κ2) is 9.65. The molecule has 2 aromatic rings. The van der Waals surface area contributed by atoms with Crippen molar-refractivity contribution in [1.29, 1.82) is 0 Å². The molecule has 4 rings (SSSR count). The number of rotatable bonds is 4. The van der Waals surface area contributed by atoms with Crippen LogP contribution < -0.4 is 15.8 Å². The summed E-state index contributed by atoms with van der Waals surface area (Å²) < 4.78 is 1.37. The second-order valence-corrected chi connectivity index (χ2v) is 8.84. The molecule has 1 aliphatic carbocycles. The van der Waals surface area contributed by atoms with E-state index in [1.54, 1.807) is 24.3 Å². The number of anilines is 1. The molecule has 0 radical (unpaired) electrons. The average molecular weight is 429 g/mol. The Morgan fingerprint density at radius 3 is 2.60 bits per heavy atom. The number of benzene rings is 1. The SMILES string of the molecule is O=C(NC1CCCCCC1)C1CCCN(c2ccc(=O)n(-c3cccc(Cl)c3)n2)C1. The van der Waals surface area contributed by atoms with E-state index in [4.69, 9.17) is 11.6 Å². The molecule has 1 aliphatic heterocycles. The minimum absolute atomic E-state index is 0.0460. The van der Waals surface area contributed by atoms with Gasteiger partial charge >= 0.3 is 0 Å². The summed E-state index contributed by atoms with van der Waals surface area (Å²) in [5, 5.41) is 8.42. The van der Waals surface area contributed by atoms with Gasteiger partial charge < -0.3 is 10.2 Å². The molecule has 6 nitrogen and oxygen atoms in total. The molecule has 0 spiro atoms. The maximum absolute atomic E-state index is 12.9. The Labute approximate surface area is 182 Å². The van der Waals surface area contributed by atoms with Crippen molar-refractivity contribution in [2.75, 3.05) is 18.0 Å². The fourth-order valence-electron chi connectivity index (χ4n) is 4.50. The van der Waals surface area contributed by atoms with Crippen molar-refractivity contribution in [2.24, 2.45) is 5.92 Å². The number of carbonyl (C=O) groups excluding carboxylic acids is 1. The van der Waals surface area contributed by atoms with E-state index in [1.165, 1.54) is 36.4 Å². The third-order valence-electron chi connectivity index (χ3n) is 6.16. The molecule has 7 heteroatoms. The van der Waals surface area contributed by atoms with Crippen molar-refractivity contribution < 1.29 is 4.79 Å². The molecule has 2 heterocycles. The van der Waals surface area contributed by atoms with Gasteiger partial charge in [0.05, 0.1) is 11.6 Å². The van der Waals surface area contributed by atoms with Crippen molar-refractivity contribution in [3.8, 4) is 5.69 Å². The average Bonchev–Trinajstić information content (AvgIpc) is 3.03. The van der Waals surface area contributed by atoms with E-state index in [-0.39, 0.29) is 17.4 Å². The highest BCUT2D eigenvalue weighted by atomic mass is 35.5. The largest absolute Gasteiger partial charge is 0.354 e. The molecule has 1 N–H and O–H groups in total. The van der Waals surface area contributed by atoms with Crippen LogP contribution in [0.2, 0.25) is 5.02 Å². The van der Waals surface area contributed by atoms with E-state index in [2.05, 4.69) is 15.3 Å². The van der Waals surface area contributed by atoms with Gasteiger partial charge in [-0.05, 0) is 49.9 Å². The molecule has 2 aliphatic rings. The molecular formula is C23H29ClN4O2. The zero-order valence-corrected chi connectivity index (χ0v) is 18.0. The smallest absolute Gasteiger partial charge is 0.271 e. The number of amides is 1. The Morgan fingerprint density at radius 2 is 1.83 bits per heavy atom. The zero-order chi connectivity index (χ0) is 20.9. The van der Waals surface area contributed by atoms with Crippen LogP contribution in [0, 0.1) is 5.92 Å². The Hall–Kier alpha value is -2.34. The van der Waals surface area contributed by atoms with Crippen LogP contribution in [0.4, 0.5) is 5.82 Å². The zero-order valence-electron chi connectivity index (χ0n) is 17.2. The van der Waals surface area contributed by atoms with Crippen molar-refractivity contribution >= 4 is 23.3 Å². The molecule has 0 bridgehead atoms. The van der Waals surface area contributed by atoms with Crippen LogP contribution in [0.5, 0.6) is 0 Å². The van der Waals surface area contributed by atoms with Gasteiger partial charge in [-0.2, -0.15) is 4.68 Å². The molecule has 160 valence electrons. The minimum Gasteiger partial charge on any atom is -0.354 e.